The Balaban J connectivity index is 1.72. The second kappa shape index (κ2) is 5.26. The molecule has 22 heavy (non-hydrogen) atoms. The molecule has 0 aromatic heterocycles. The molecule has 0 N–H and O–H groups in total. The molecule has 1 aromatic carbocycles. The molecule has 2 fully saturated rings. The van der Waals surface area contributed by atoms with Gasteiger partial charge in [-0.2, -0.15) is 0 Å². The largest absolute Gasteiger partial charge is 0.336 e. The molecule has 118 valence electrons. The van der Waals surface area contributed by atoms with Crippen molar-refractivity contribution < 1.29 is 4.79 Å². The summed E-state index contributed by atoms with van der Waals surface area (Å²) in [6.07, 6.45) is 7.22. The maximum Gasteiger partial charge on any atom is 0.246 e. The standard InChI is InChI=1S/C20H27NO/c1-15-5-7-16(8-6-15)9-10-18(22)21-14-20(4)12-17(21)11-19(2,3)13-20/h5-10,17H,11-14H2,1-4H3/b10-9+. The van der Waals surface area contributed by atoms with Crippen LogP contribution in [0.15, 0.2) is 30.3 Å². The topological polar surface area (TPSA) is 20.3 Å². The second-order valence-corrected chi connectivity index (χ2v) is 8.42. The lowest BCUT2D eigenvalue weighted by Crippen LogP contribution is -2.36. The Morgan fingerprint density at radius 2 is 1.86 bits per heavy atom. The van der Waals surface area contributed by atoms with E-state index in [-0.39, 0.29) is 5.91 Å². The zero-order chi connectivity index (χ0) is 16.0. The molecule has 3 rings (SSSR count). The maximum absolute atomic E-state index is 12.6. The van der Waals surface area contributed by atoms with Gasteiger partial charge in [0.25, 0.3) is 0 Å². The van der Waals surface area contributed by atoms with Gasteiger partial charge in [0.05, 0.1) is 0 Å². The van der Waals surface area contributed by atoms with Crippen molar-refractivity contribution in [2.45, 2.75) is 53.0 Å². The lowest BCUT2D eigenvalue weighted by Gasteiger charge is -2.39. The summed E-state index contributed by atoms with van der Waals surface area (Å²) in [4.78, 5) is 14.7. The highest BCUT2D eigenvalue weighted by molar-refractivity contribution is 5.92. The van der Waals surface area contributed by atoms with Crippen molar-refractivity contribution in [1.82, 2.24) is 4.90 Å². The summed E-state index contributed by atoms with van der Waals surface area (Å²) in [6, 6.07) is 8.70. The summed E-state index contributed by atoms with van der Waals surface area (Å²) in [5.41, 5.74) is 2.99. The Kier molecular flexibility index (Phi) is 3.66. The van der Waals surface area contributed by atoms with Crippen LogP contribution in [0.2, 0.25) is 0 Å². The fourth-order valence-corrected chi connectivity index (χ4v) is 4.66. The number of hydrogen-bond donors (Lipinski definition) is 0. The lowest BCUT2D eigenvalue weighted by atomic mass is 9.65. The van der Waals surface area contributed by atoms with E-state index < -0.39 is 0 Å². The van der Waals surface area contributed by atoms with E-state index in [0.717, 1.165) is 18.5 Å². The van der Waals surface area contributed by atoms with Gasteiger partial charge in [-0.25, -0.2) is 0 Å². The summed E-state index contributed by atoms with van der Waals surface area (Å²) in [5, 5.41) is 0. The van der Waals surface area contributed by atoms with Gasteiger partial charge in [-0.3, -0.25) is 4.79 Å². The number of amides is 1. The summed E-state index contributed by atoms with van der Waals surface area (Å²) in [7, 11) is 0. The van der Waals surface area contributed by atoms with Gasteiger partial charge in [-0.05, 0) is 48.7 Å². The van der Waals surface area contributed by atoms with Crippen LogP contribution in [-0.4, -0.2) is 23.4 Å². The van der Waals surface area contributed by atoms with Crippen molar-refractivity contribution in [3.05, 3.63) is 41.5 Å². The summed E-state index contributed by atoms with van der Waals surface area (Å²) in [6.45, 7) is 10.0. The van der Waals surface area contributed by atoms with Gasteiger partial charge < -0.3 is 4.90 Å². The Morgan fingerprint density at radius 3 is 2.55 bits per heavy atom. The van der Waals surface area contributed by atoms with Crippen LogP contribution in [0.3, 0.4) is 0 Å². The summed E-state index contributed by atoms with van der Waals surface area (Å²) in [5.74, 6) is 0.173. The molecule has 2 nitrogen and oxygen atoms in total. The van der Waals surface area contributed by atoms with Crippen LogP contribution in [0, 0.1) is 17.8 Å². The number of carbonyl (C=O) groups is 1. The molecule has 2 unspecified atom stereocenters. The molecular formula is C20H27NO. The highest BCUT2D eigenvalue weighted by Gasteiger charge is 2.50. The highest BCUT2D eigenvalue weighted by atomic mass is 16.2. The van der Waals surface area contributed by atoms with Gasteiger partial charge in [0.15, 0.2) is 0 Å². The van der Waals surface area contributed by atoms with Crippen molar-refractivity contribution in [1.29, 1.82) is 0 Å². The Labute approximate surface area is 134 Å². The monoisotopic (exact) mass is 297 g/mol. The quantitative estimate of drug-likeness (QED) is 0.739. The molecule has 1 amide bonds. The minimum Gasteiger partial charge on any atom is -0.336 e. The van der Waals surface area contributed by atoms with Gasteiger partial charge in [0, 0.05) is 18.7 Å². The first kappa shape index (κ1) is 15.3. The van der Waals surface area contributed by atoms with E-state index in [0.29, 0.717) is 16.9 Å². The molecule has 1 aliphatic heterocycles. The third-order valence-electron chi connectivity index (χ3n) is 5.19. The van der Waals surface area contributed by atoms with E-state index in [4.69, 9.17) is 0 Å². The van der Waals surface area contributed by atoms with Gasteiger partial charge in [0.2, 0.25) is 5.91 Å². The van der Waals surface area contributed by atoms with Crippen molar-refractivity contribution in [2.24, 2.45) is 10.8 Å². The summed E-state index contributed by atoms with van der Waals surface area (Å²) < 4.78 is 0. The van der Waals surface area contributed by atoms with Crippen LogP contribution in [0.5, 0.6) is 0 Å². The van der Waals surface area contributed by atoms with Crippen LogP contribution >= 0.6 is 0 Å². The van der Waals surface area contributed by atoms with Crippen molar-refractivity contribution in [2.75, 3.05) is 6.54 Å². The number of rotatable bonds is 2. The molecular weight excluding hydrogens is 270 g/mol. The fraction of sp³-hybridized carbons (Fsp3) is 0.550. The number of nitrogens with zero attached hydrogens (tertiary/aromatic N) is 1. The fourth-order valence-electron chi connectivity index (χ4n) is 4.66. The Bertz CT molecular complexity index is 599. The zero-order valence-electron chi connectivity index (χ0n) is 14.2. The number of likely N-dealkylation sites (tertiary alicyclic amines) is 1. The number of fused-ring (bicyclic) bond motifs is 2. The molecule has 0 radical (unpaired) electrons. The lowest BCUT2D eigenvalue weighted by molar-refractivity contribution is -0.127. The predicted molar refractivity (Wildman–Crippen MR) is 91.5 cm³/mol. The van der Waals surface area contributed by atoms with Crippen LogP contribution in [0.1, 0.15) is 51.2 Å². The van der Waals surface area contributed by atoms with E-state index >= 15 is 0 Å². The number of carbonyl (C=O) groups excluding carboxylic acids is 1. The smallest absolute Gasteiger partial charge is 0.246 e. The van der Waals surface area contributed by atoms with Crippen molar-refractivity contribution in [3.8, 4) is 0 Å². The SMILES string of the molecule is Cc1ccc(/C=C/C(=O)N2CC3(C)CC2CC(C)(C)C3)cc1. The first-order valence-corrected chi connectivity index (χ1v) is 8.32. The van der Waals surface area contributed by atoms with Gasteiger partial charge in [-0.1, -0.05) is 50.6 Å². The van der Waals surface area contributed by atoms with E-state index in [9.17, 15) is 4.79 Å². The van der Waals surface area contributed by atoms with E-state index in [2.05, 4.69) is 56.9 Å². The average molecular weight is 297 g/mol. The molecule has 1 aliphatic carbocycles. The highest BCUT2D eigenvalue weighted by Crippen LogP contribution is 2.52. The first-order chi connectivity index (χ1) is 10.3. The molecule has 2 aliphatic rings. The first-order valence-electron chi connectivity index (χ1n) is 8.32. The molecule has 2 heteroatoms. The van der Waals surface area contributed by atoms with E-state index in [1.54, 1.807) is 6.08 Å². The van der Waals surface area contributed by atoms with E-state index in [1.165, 1.54) is 18.4 Å². The summed E-state index contributed by atoms with van der Waals surface area (Å²) >= 11 is 0. The van der Waals surface area contributed by atoms with Crippen LogP contribution < -0.4 is 0 Å². The van der Waals surface area contributed by atoms with Crippen LogP contribution in [0.4, 0.5) is 0 Å². The number of hydrogen-bond acceptors (Lipinski definition) is 1. The Morgan fingerprint density at radius 1 is 1.18 bits per heavy atom. The van der Waals surface area contributed by atoms with Crippen molar-refractivity contribution in [3.63, 3.8) is 0 Å². The minimum atomic E-state index is 0.173. The van der Waals surface area contributed by atoms with Crippen LogP contribution in [-0.2, 0) is 4.79 Å². The third-order valence-corrected chi connectivity index (χ3v) is 5.19. The normalized spacial score (nSPS) is 30.0. The maximum atomic E-state index is 12.6. The molecule has 1 aromatic rings. The molecule has 1 saturated heterocycles. The predicted octanol–water partition coefficient (Wildman–Crippen LogP) is 4.44. The zero-order valence-corrected chi connectivity index (χ0v) is 14.2. The number of aryl methyl sites for hydroxylation is 1. The van der Waals surface area contributed by atoms with E-state index in [1.807, 2.05) is 6.08 Å². The molecule has 1 heterocycles. The molecule has 2 atom stereocenters. The van der Waals surface area contributed by atoms with Gasteiger partial charge in [-0.15, -0.1) is 0 Å². The Hall–Kier alpha value is -1.57. The molecule has 1 saturated carbocycles. The minimum absolute atomic E-state index is 0.173. The van der Waals surface area contributed by atoms with Crippen LogP contribution in [0.25, 0.3) is 6.08 Å². The van der Waals surface area contributed by atoms with Crippen molar-refractivity contribution >= 4 is 12.0 Å². The second-order valence-electron chi connectivity index (χ2n) is 8.42. The van der Waals surface area contributed by atoms with Gasteiger partial charge in [0.1, 0.15) is 0 Å². The molecule has 0 spiro atoms. The average Bonchev–Trinajstić information content (AvgIpc) is 2.67. The third kappa shape index (κ3) is 3.11. The molecule has 2 bridgehead atoms. The number of benzene rings is 1. The van der Waals surface area contributed by atoms with Gasteiger partial charge >= 0.3 is 0 Å².